The number of carbonyl (C=O) groups is 4. The molecule has 1 aliphatic heterocycles. The summed E-state index contributed by atoms with van der Waals surface area (Å²) in [6.07, 6.45) is 2.26. The van der Waals surface area contributed by atoms with Gasteiger partial charge in [-0.25, -0.2) is 4.68 Å². The maximum Gasteiger partial charge on any atom is 0.246 e. The number of nitrogens with zero attached hydrogens (tertiary/aromatic N) is 4. The Balaban J connectivity index is 1.60. The molecular formula is C29H38N8O4S. The van der Waals surface area contributed by atoms with E-state index in [0.717, 1.165) is 11.1 Å². The van der Waals surface area contributed by atoms with Crippen LogP contribution in [0.1, 0.15) is 38.8 Å². The lowest BCUT2D eigenvalue weighted by molar-refractivity contribution is -0.143. The van der Waals surface area contributed by atoms with Crippen molar-refractivity contribution in [3.05, 3.63) is 58.9 Å². The van der Waals surface area contributed by atoms with E-state index in [2.05, 4.69) is 26.3 Å². The molecule has 5 N–H and O–H groups in total. The van der Waals surface area contributed by atoms with Gasteiger partial charge in [-0.05, 0) is 36.9 Å². The number of nitrogens with two attached hydrogens (primary N) is 1. The molecule has 0 unspecified atom stereocenters. The number of likely N-dealkylation sites (N-methyl/N-ethyl adjacent to an activating group) is 1. The zero-order valence-electron chi connectivity index (χ0n) is 24.2. The Morgan fingerprint density at radius 1 is 1.10 bits per heavy atom. The highest BCUT2D eigenvalue weighted by atomic mass is 32.1. The zero-order valence-corrected chi connectivity index (χ0v) is 25.0. The largest absolute Gasteiger partial charge is 0.368 e. The SMILES string of the molecule is CN[C@@H](C)C(=O)N[C@H](C(=O)N1C[C@@H](n2cc(-c3ccsc3)nn2)C[C@H]1C(=O)N[C@@H](Cc1ccccc1)C(N)=O)C(C)C. The number of carbonyl (C=O) groups excluding carboxylic acids is 4. The van der Waals surface area contributed by atoms with Gasteiger partial charge in [0, 0.05) is 30.3 Å². The summed E-state index contributed by atoms with van der Waals surface area (Å²) in [7, 11) is 1.66. The predicted molar refractivity (Wildman–Crippen MR) is 159 cm³/mol. The first-order valence-electron chi connectivity index (χ1n) is 13.9. The van der Waals surface area contributed by atoms with Crippen LogP contribution in [0.5, 0.6) is 0 Å². The minimum Gasteiger partial charge on any atom is -0.368 e. The first kappa shape index (κ1) is 30.8. The topological polar surface area (TPSA) is 164 Å². The van der Waals surface area contributed by atoms with E-state index in [-0.39, 0.29) is 43.2 Å². The fraction of sp³-hybridized carbons (Fsp3) is 0.448. The summed E-state index contributed by atoms with van der Waals surface area (Å²) < 4.78 is 1.67. The summed E-state index contributed by atoms with van der Waals surface area (Å²) in [5.41, 5.74) is 8.12. The average molecular weight is 595 g/mol. The van der Waals surface area contributed by atoms with Gasteiger partial charge in [-0.1, -0.05) is 49.4 Å². The summed E-state index contributed by atoms with van der Waals surface area (Å²) >= 11 is 1.55. The van der Waals surface area contributed by atoms with E-state index < -0.39 is 36.0 Å². The van der Waals surface area contributed by atoms with Crippen molar-refractivity contribution in [2.24, 2.45) is 11.7 Å². The fourth-order valence-corrected chi connectivity index (χ4v) is 5.59. The number of aromatic nitrogens is 3. The summed E-state index contributed by atoms with van der Waals surface area (Å²) in [4.78, 5) is 54.3. The van der Waals surface area contributed by atoms with Crippen LogP contribution in [0.3, 0.4) is 0 Å². The van der Waals surface area contributed by atoms with E-state index in [0.29, 0.717) is 5.69 Å². The quantitative estimate of drug-likeness (QED) is 0.244. The van der Waals surface area contributed by atoms with Gasteiger partial charge in [0.1, 0.15) is 23.8 Å². The van der Waals surface area contributed by atoms with Crippen LogP contribution in [0.4, 0.5) is 0 Å². The van der Waals surface area contributed by atoms with Crippen LogP contribution in [0.15, 0.2) is 53.4 Å². The highest BCUT2D eigenvalue weighted by Crippen LogP contribution is 2.30. The van der Waals surface area contributed by atoms with Crippen molar-refractivity contribution < 1.29 is 19.2 Å². The Morgan fingerprint density at radius 2 is 1.83 bits per heavy atom. The Bertz CT molecular complexity index is 1380. The number of rotatable bonds is 12. The number of hydrogen-bond acceptors (Lipinski definition) is 8. The van der Waals surface area contributed by atoms with Gasteiger partial charge in [0.25, 0.3) is 0 Å². The van der Waals surface area contributed by atoms with Crippen LogP contribution < -0.4 is 21.7 Å². The normalized spacial score (nSPS) is 18.8. The summed E-state index contributed by atoms with van der Waals surface area (Å²) in [5.74, 6) is -2.14. The molecule has 0 spiro atoms. The monoisotopic (exact) mass is 594 g/mol. The van der Waals surface area contributed by atoms with Gasteiger partial charge in [0.15, 0.2) is 0 Å². The molecule has 4 rings (SSSR count). The van der Waals surface area contributed by atoms with Crippen molar-refractivity contribution in [1.29, 1.82) is 0 Å². The number of primary amides is 1. The van der Waals surface area contributed by atoms with E-state index in [1.54, 1.807) is 36.2 Å². The molecule has 224 valence electrons. The number of nitrogens with one attached hydrogen (secondary N) is 3. The molecule has 42 heavy (non-hydrogen) atoms. The molecule has 0 aliphatic carbocycles. The molecule has 3 aromatic rings. The maximum absolute atomic E-state index is 14.0. The molecular weight excluding hydrogens is 556 g/mol. The molecule has 0 saturated carbocycles. The van der Waals surface area contributed by atoms with Gasteiger partial charge < -0.3 is 26.6 Å². The van der Waals surface area contributed by atoms with Crippen molar-refractivity contribution >= 4 is 35.0 Å². The fourth-order valence-electron chi connectivity index (χ4n) is 4.94. The molecule has 1 aliphatic rings. The third-order valence-electron chi connectivity index (χ3n) is 7.57. The summed E-state index contributed by atoms with van der Waals surface area (Å²) in [6.45, 7) is 5.54. The van der Waals surface area contributed by atoms with Crippen LogP contribution >= 0.6 is 11.3 Å². The molecule has 4 amide bonds. The summed E-state index contributed by atoms with van der Waals surface area (Å²) in [6, 6.07) is 7.56. The van der Waals surface area contributed by atoms with Gasteiger partial charge >= 0.3 is 0 Å². The minimum atomic E-state index is -0.968. The van der Waals surface area contributed by atoms with Crippen molar-refractivity contribution in [3.8, 4) is 11.3 Å². The molecule has 1 saturated heterocycles. The molecule has 0 bridgehead atoms. The van der Waals surface area contributed by atoms with Crippen molar-refractivity contribution in [2.45, 2.75) is 63.8 Å². The number of benzene rings is 1. The second-order valence-corrected chi connectivity index (χ2v) is 11.7. The Morgan fingerprint density at radius 3 is 2.45 bits per heavy atom. The van der Waals surface area contributed by atoms with Gasteiger partial charge in [-0.15, -0.1) is 5.10 Å². The Kier molecular flexibility index (Phi) is 10.1. The molecule has 1 fully saturated rings. The highest BCUT2D eigenvalue weighted by Gasteiger charge is 2.44. The lowest BCUT2D eigenvalue weighted by Gasteiger charge is -2.31. The molecule has 13 heteroatoms. The van der Waals surface area contributed by atoms with Gasteiger partial charge in [0.05, 0.1) is 18.3 Å². The maximum atomic E-state index is 14.0. The van der Waals surface area contributed by atoms with Crippen LogP contribution in [0, 0.1) is 5.92 Å². The standard InChI is InChI=1S/C29H38N8O4S/c1-17(2)25(33-27(39)18(3)31-4)29(41)36-14-21(37-15-23(34-35-37)20-10-11-42-16-20)13-24(36)28(40)32-22(26(30)38)12-19-8-6-5-7-9-19/h5-11,15-18,21-22,24-25,31H,12-14H2,1-4H3,(H2,30,38)(H,32,40)(H,33,39)/t18-,21-,22-,24-,25-/m0/s1. The van der Waals surface area contributed by atoms with Crippen LogP contribution in [0.2, 0.25) is 0 Å². The second-order valence-electron chi connectivity index (χ2n) is 10.9. The van der Waals surface area contributed by atoms with Crippen molar-refractivity contribution in [1.82, 2.24) is 35.8 Å². The molecule has 2 aromatic heterocycles. The van der Waals surface area contributed by atoms with E-state index in [1.165, 1.54) is 4.90 Å². The first-order chi connectivity index (χ1) is 20.1. The lowest BCUT2D eigenvalue weighted by atomic mass is 10.0. The Labute approximate surface area is 249 Å². The lowest BCUT2D eigenvalue weighted by Crippen LogP contribution is -2.58. The van der Waals surface area contributed by atoms with Crippen LogP contribution in [0.25, 0.3) is 11.3 Å². The van der Waals surface area contributed by atoms with E-state index in [1.807, 2.05) is 61.0 Å². The molecule has 3 heterocycles. The average Bonchev–Trinajstić information content (AvgIpc) is 3.75. The first-order valence-corrected chi connectivity index (χ1v) is 14.9. The third-order valence-corrected chi connectivity index (χ3v) is 8.25. The number of amides is 4. The number of thiophene rings is 1. The Hall–Kier alpha value is -4.10. The third kappa shape index (κ3) is 7.21. The van der Waals surface area contributed by atoms with Crippen molar-refractivity contribution in [2.75, 3.05) is 13.6 Å². The van der Waals surface area contributed by atoms with E-state index in [4.69, 9.17) is 5.73 Å². The van der Waals surface area contributed by atoms with Crippen molar-refractivity contribution in [3.63, 3.8) is 0 Å². The molecule has 0 radical (unpaired) electrons. The van der Waals surface area contributed by atoms with Gasteiger partial charge in [0.2, 0.25) is 23.6 Å². The van der Waals surface area contributed by atoms with E-state index in [9.17, 15) is 19.2 Å². The summed E-state index contributed by atoms with van der Waals surface area (Å²) in [5, 5.41) is 21.0. The number of hydrogen-bond donors (Lipinski definition) is 4. The van der Waals surface area contributed by atoms with Gasteiger partial charge in [-0.3, -0.25) is 19.2 Å². The van der Waals surface area contributed by atoms with Gasteiger partial charge in [-0.2, -0.15) is 11.3 Å². The smallest absolute Gasteiger partial charge is 0.246 e. The number of likely N-dealkylation sites (tertiary alicyclic amines) is 1. The highest BCUT2D eigenvalue weighted by molar-refractivity contribution is 7.08. The zero-order chi connectivity index (χ0) is 30.4. The predicted octanol–water partition coefficient (Wildman–Crippen LogP) is 1.11. The minimum absolute atomic E-state index is 0.171. The van der Waals surface area contributed by atoms with Crippen LogP contribution in [-0.4, -0.2) is 81.3 Å². The second kappa shape index (κ2) is 13.7. The van der Waals surface area contributed by atoms with Crippen LogP contribution in [-0.2, 0) is 25.6 Å². The van der Waals surface area contributed by atoms with E-state index >= 15 is 0 Å². The molecule has 1 aromatic carbocycles. The molecule has 5 atom stereocenters. The molecule has 12 nitrogen and oxygen atoms in total.